The topological polar surface area (TPSA) is 113 Å². The Hall–Kier alpha value is -2.02. The van der Waals surface area contributed by atoms with Gasteiger partial charge in [-0.25, -0.2) is 9.97 Å². The minimum atomic E-state index is 0.0984. The summed E-state index contributed by atoms with van der Waals surface area (Å²) in [5.74, 6) is 0.335. The van der Waals surface area contributed by atoms with Crippen LogP contribution in [0.4, 0.5) is 11.8 Å². The number of nitrogens with two attached hydrogens (primary N) is 2. The third-order valence-electron chi connectivity index (χ3n) is 2.39. The molecule has 2 rings (SSSR count). The van der Waals surface area contributed by atoms with Crippen LogP contribution in [0.2, 0.25) is 0 Å². The van der Waals surface area contributed by atoms with E-state index in [1.807, 2.05) is 0 Å². The molecule has 0 radical (unpaired) electrons. The van der Waals surface area contributed by atoms with Crippen molar-refractivity contribution >= 4 is 22.9 Å². The number of unbranched alkanes of at least 4 members (excludes halogenated alkanes) is 1. The van der Waals surface area contributed by atoms with Crippen LogP contribution in [0.1, 0.15) is 25.5 Å². The van der Waals surface area contributed by atoms with Gasteiger partial charge in [0.2, 0.25) is 5.95 Å². The Kier molecular flexibility index (Phi) is 3.83. The Morgan fingerprint density at radius 3 is 2.83 bits per heavy atom. The highest BCUT2D eigenvalue weighted by Gasteiger charge is 2.07. The van der Waals surface area contributed by atoms with E-state index in [2.05, 4.69) is 26.9 Å². The molecule has 0 atom stereocenters. The molecule has 2 aromatic heterocycles. The lowest BCUT2D eigenvalue weighted by Gasteiger charge is -2.05. The monoisotopic (exact) mass is 248 g/mol. The first kappa shape index (κ1) is 12.4. The quantitative estimate of drug-likeness (QED) is 0.756. The molecule has 0 aliphatic rings. The highest BCUT2D eigenvalue weighted by atomic mass is 16.5. The molecule has 0 aromatic carbocycles. The zero-order valence-electron chi connectivity index (χ0n) is 10.3. The van der Waals surface area contributed by atoms with Crippen LogP contribution in [-0.4, -0.2) is 26.5 Å². The Morgan fingerprint density at radius 1 is 1.22 bits per heavy atom. The van der Waals surface area contributed by atoms with E-state index in [4.69, 9.17) is 16.2 Å². The van der Waals surface area contributed by atoms with Crippen molar-refractivity contribution in [1.82, 2.24) is 19.9 Å². The standard InChI is InChI=1S/C11H16N6O/c1-2-3-4-18-6-7-5-14-10-8(15-7)9(12)16-11(13)17-10/h5H,2-4,6H2,1H3,(H4,12,13,14,16,17). The van der Waals surface area contributed by atoms with Crippen LogP contribution in [0.3, 0.4) is 0 Å². The van der Waals surface area contributed by atoms with Crippen LogP contribution in [0.5, 0.6) is 0 Å². The molecule has 4 N–H and O–H groups in total. The third-order valence-corrected chi connectivity index (χ3v) is 2.39. The predicted molar refractivity (Wildman–Crippen MR) is 68.5 cm³/mol. The van der Waals surface area contributed by atoms with Gasteiger partial charge in [0, 0.05) is 6.61 Å². The lowest BCUT2D eigenvalue weighted by atomic mass is 10.3. The van der Waals surface area contributed by atoms with E-state index in [-0.39, 0.29) is 11.8 Å². The first-order valence-electron chi connectivity index (χ1n) is 5.83. The van der Waals surface area contributed by atoms with Gasteiger partial charge in [-0.3, -0.25) is 0 Å². The van der Waals surface area contributed by atoms with Gasteiger partial charge in [-0.15, -0.1) is 0 Å². The van der Waals surface area contributed by atoms with Gasteiger partial charge in [-0.1, -0.05) is 13.3 Å². The number of aromatic nitrogens is 4. The second-order valence-electron chi connectivity index (χ2n) is 3.91. The first-order chi connectivity index (χ1) is 8.70. The predicted octanol–water partition coefficient (Wildman–Crippen LogP) is 0.901. The fourth-order valence-electron chi connectivity index (χ4n) is 1.48. The number of hydrogen-bond acceptors (Lipinski definition) is 7. The molecule has 7 heteroatoms. The molecule has 0 bridgehead atoms. The summed E-state index contributed by atoms with van der Waals surface area (Å²) in [7, 11) is 0. The molecule has 2 heterocycles. The average molecular weight is 248 g/mol. The summed E-state index contributed by atoms with van der Waals surface area (Å²) >= 11 is 0. The van der Waals surface area contributed by atoms with Gasteiger partial charge in [0.25, 0.3) is 0 Å². The maximum atomic E-state index is 5.73. The third kappa shape index (κ3) is 2.80. The number of nitrogens with zero attached hydrogens (tertiary/aromatic N) is 4. The van der Waals surface area contributed by atoms with E-state index < -0.39 is 0 Å². The van der Waals surface area contributed by atoms with E-state index >= 15 is 0 Å². The van der Waals surface area contributed by atoms with E-state index in [0.29, 0.717) is 30.1 Å². The summed E-state index contributed by atoms with van der Waals surface area (Å²) in [5.41, 5.74) is 12.8. The summed E-state index contributed by atoms with van der Waals surface area (Å²) in [4.78, 5) is 16.3. The molecule has 0 aliphatic heterocycles. The summed E-state index contributed by atoms with van der Waals surface area (Å²) in [5, 5.41) is 0. The zero-order chi connectivity index (χ0) is 13.0. The Labute approximate surface area is 105 Å². The van der Waals surface area contributed by atoms with Crippen molar-refractivity contribution in [2.24, 2.45) is 0 Å². The molecular weight excluding hydrogens is 232 g/mol. The van der Waals surface area contributed by atoms with E-state index in [1.54, 1.807) is 6.20 Å². The van der Waals surface area contributed by atoms with Crippen molar-refractivity contribution in [3.63, 3.8) is 0 Å². The molecule has 2 aromatic rings. The number of rotatable bonds is 5. The van der Waals surface area contributed by atoms with Crippen molar-refractivity contribution in [3.05, 3.63) is 11.9 Å². The SMILES string of the molecule is CCCCOCc1cnc2nc(N)nc(N)c2n1. The maximum Gasteiger partial charge on any atom is 0.224 e. The molecule has 0 saturated heterocycles. The lowest BCUT2D eigenvalue weighted by Crippen LogP contribution is -2.05. The molecule has 96 valence electrons. The Balaban J connectivity index is 2.17. The first-order valence-corrected chi connectivity index (χ1v) is 5.83. The molecular formula is C11H16N6O. The van der Waals surface area contributed by atoms with E-state index in [9.17, 15) is 0 Å². The van der Waals surface area contributed by atoms with Crippen LogP contribution in [0.15, 0.2) is 6.20 Å². The Bertz CT molecular complexity index is 544. The lowest BCUT2D eigenvalue weighted by molar-refractivity contribution is 0.115. The van der Waals surface area contributed by atoms with E-state index in [1.165, 1.54) is 0 Å². The Morgan fingerprint density at radius 2 is 2.06 bits per heavy atom. The highest BCUT2D eigenvalue weighted by molar-refractivity contribution is 5.81. The minimum absolute atomic E-state index is 0.0984. The molecule has 0 amide bonds. The van der Waals surface area contributed by atoms with Crippen LogP contribution in [-0.2, 0) is 11.3 Å². The van der Waals surface area contributed by atoms with E-state index in [0.717, 1.165) is 12.8 Å². The maximum absolute atomic E-state index is 5.73. The van der Waals surface area contributed by atoms with Crippen LogP contribution < -0.4 is 11.5 Å². The van der Waals surface area contributed by atoms with Gasteiger partial charge in [-0.2, -0.15) is 9.97 Å². The number of fused-ring (bicyclic) bond motifs is 1. The fraction of sp³-hybridized carbons (Fsp3) is 0.455. The van der Waals surface area contributed by atoms with Crippen molar-refractivity contribution in [2.45, 2.75) is 26.4 Å². The van der Waals surface area contributed by atoms with Crippen molar-refractivity contribution in [1.29, 1.82) is 0 Å². The summed E-state index contributed by atoms with van der Waals surface area (Å²) < 4.78 is 5.46. The second-order valence-corrected chi connectivity index (χ2v) is 3.91. The summed E-state index contributed by atoms with van der Waals surface area (Å²) in [6.07, 6.45) is 3.74. The normalized spacial score (nSPS) is 10.9. The molecule has 0 aliphatic carbocycles. The number of nitrogen functional groups attached to an aromatic ring is 2. The molecule has 0 spiro atoms. The molecule has 18 heavy (non-hydrogen) atoms. The van der Waals surface area contributed by atoms with Gasteiger partial charge in [0.1, 0.15) is 0 Å². The molecule has 0 fully saturated rings. The number of hydrogen-bond donors (Lipinski definition) is 2. The van der Waals surface area contributed by atoms with Gasteiger partial charge in [-0.05, 0) is 6.42 Å². The van der Waals surface area contributed by atoms with Crippen LogP contribution >= 0.6 is 0 Å². The number of ether oxygens (including phenoxy) is 1. The second kappa shape index (κ2) is 5.54. The van der Waals surface area contributed by atoms with Crippen molar-refractivity contribution in [2.75, 3.05) is 18.1 Å². The minimum Gasteiger partial charge on any atom is -0.382 e. The van der Waals surface area contributed by atoms with Crippen molar-refractivity contribution in [3.8, 4) is 0 Å². The van der Waals surface area contributed by atoms with Crippen molar-refractivity contribution < 1.29 is 4.74 Å². The fourth-order valence-corrected chi connectivity index (χ4v) is 1.48. The molecule has 7 nitrogen and oxygen atoms in total. The smallest absolute Gasteiger partial charge is 0.224 e. The van der Waals surface area contributed by atoms with Crippen LogP contribution in [0, 0.1) is 0 Å². The average Bonchev–Trinajstić information content (AvgIpc) is 2.35. The van der Waals surface area contributed by atoms with Gasteiger partial charge >= 0.3 is 0 Å². The van der Waals surface area contributed by atoms with Gasteiger partial charge < -0.3 is 16.2 Å². The summed E-state index contributed by atoms with van der Waals surface area (Å²) in [6.45, 7) is 3.23. The van der Waals surface area contributed by atoms with Gasteiger partial charge in [0.15, 0.2) is 17.0 Å². The number of anilines is 2. The molecule has 0 unspecified atom stereocenters. The molecule has 0 saturated carbocycles. The highest BCUT2D eigenvalue weighted by Crippen LogP contribution is 2.14. The largest absolute Gasteiger partial charge is 0.382 e. The van der Waals surface area contributed by atoms with Crippen LogP contribution in [0.25, 0.3) is 11.2 Å². The van der Waals surface area contributed by atoms with Gasteiger partial charge in [0.05, 0.1) is 18.5 Å². The summed E-state index contributed by atoms with van der Waals surface area (Å²) in [6, 6.07) is 0. The zero-order valence-corrected chi connectivity index (χ0v) is 10.3.